The van der Waals surface area contributed by atoms with Crippen molar-refractivity contribution < 1.29 is 19.1 Å². The van der Waals surface area contributed by atoms with Crippen LogP contribution in [0.25, 0.3) is 0 Å². The summed E-state index contributed by atoms with van der Waals surface area (Å²) in [6.07, 6.45) is 4.57. The highest BCUT2D eigenvalue weighted by atomic mass is 35.5. The Bertz CT molecular complexity index is 765. The summed E-state index contributed by atoms with van der Waals surface area (Å²) in [5.74, 6) is -0.323. The number of hydrogen-bond acceptors (Lipinski definition) is 5. The van der Waals surface area contributed by atoms with E-state index < -0.39 is 6.04 Å². The Hall–Kier alpha value is -2.12. The number of piperazine rings is 1. The third-order valence-corrected chi connectivity index (χ3v) is 6.25. The van der Waals surface area contributed by atoms with Crippen LogP contribution in [0.5, 0.6) is 0 Å². The zero-order chi connectivity index (χ0) is 21.5. The first-order chi connectivity index (χ1) is 14.5. The molecule has 0 aliphatic carbocycles. The summed E-state index contributed by atoms with van der Waals surface area (Å²) in [7, 11) is 1.37. The van der Waals surface area contributed by atoms with Gasteiger partial charge in [0.15, 0.2) is 0 Å². The molecule has 30 heavy (non-hydrogen) atoms. The molecular formula is C22H30ClN3O4. The van der Waals surface area contributed by atoms with E-state index in [0.717, 1.165) is 25.7 Å². The summed E-state index contributed by atoms with van der Waals surface area (Å²) < 4.78 is 5.02. The fraction of sp³-hybridized carbons (Fsp3) is 0.591. The Morgan fingerprint density at radius 1 is 1.03 bits per heavy atom. The van der Waals surface area contributed by atoms with E-state index in [-0.39, 0.29) is 24.3 Å². The first-order valence-electron chi connectivity index (χ1n) is 10.6. The van der Waals surface area contributed by atoms with Crippen molar-refractivity contribution in [2.75, 3.05) is 46.4 Å². The third kappa shape index (κ3) is 5.52. The number of carbonyl (C=O) groups is 3. The Morgan fingerprint density at radius 3 is 2.43 bits per heavy atom. The molecule has 2 heterocycles. The molecule has 0 aromatic heterocycles. The molecule has 2 fully saturated rings. The van der Waals surface area contributed by atoms with Gasteiger partial charge in [0.1, 0.15) is 6.04 Å². The number of ether oxygens (including phenoxy) is 1. The van der Waals surface area contributed by atoms with E-state index in [0.29, 0.717) is 49.7 Å². The van der Waals surface area contributed by atoms with E-state index in [9.17, 15) is 14.4 Å². The lowest BCUT2D eigenvalue weighted by atomic mass is 10.0. The van der Waals surface area contributed by atoms with Gasteiger partial charge in [-0.15, -0.1) is 0 Å². The standard InChI is InChI=1S/C22H30ClN3O4/c1-30-22(29)21(17-8-5-6-9-18(17)23)25-14-12-24(13-15-25)20(28)16-26-11-7-3-2-4-10-19(26)27/h5-6,8-9,21H,2-4,7,10-16H2,1H3. The van der Waals surface area contributed by atoms with E-state index in [4.69, 9.17) is 16.3 Å². The van der Waals surface area contributed by atoms with Crippen LogP contribution in [0.2, 0.25) is 5.02 Å². The largest absolute Gasteiger partial charge is 0.468 e. The number of carbonyl (C=O) groups excluding carboxylic acids is 3. The Labute approximate surface area is 182 Å². The smallest absolute Gasteiger partial charge is 0.327 e. The van der Waals surface area contributed by atoms with Gasteiger partial charge in [-0.2, -0.15) is 0 Å². The highest BCUT2D eigenvalue weighted by molar-refractivity contribution is 6.31. The molecule has 1 aromatic rings. The fourth-order valence-electron chi connectivity index (χ4n) is 4.16. The zero-order valence-corrected chi connectivity index (χ0v) is 18.3. The van der Waals surface area contributed by atoms with Gasteiger partial charge in [0, 0.05) is 44.2 Å². The van der Waals surface area contributed by atoms with Crippen molar-refractivity contribution in [3.63, 3.8) is 0 Å². The van der Waals surface area contributed by atoms with Crippen LogP contribution in [0.4, 0.5) is 0 Å². The van der Waals surface area contributed by atoms with Crippen LogP contribution in [0, 0.1) is 0 Å². The summed E-state index contributed by atoms with van der Waals surface area (Å²) in [6, 6.07) is 6.65. The molecule has 7 nitrogen and oxygen atoms in total. The monoisotopic (exact) mass is 435 g/mol. The molecule has 0 N–H and O–H groups in total. The lowest BCUT2D eigenvalue weighted by Crippen LogP contribution is -2.53. The number of likely N-dealkylation sites (tertiary alicyclic amines) is 1. The predicted molar refractivity (Wildman–Crippen MR) is 114 cm³/mol. The van der Waals surface area contributed by atoms with Crippen LogP contribution >= 0.6 is 11.6 Å². The molecule has 2 amide bonds. The van der Waals surface area contributed by atoms with E-state index >= 15 is 0 Å². The van der Waals surface area contributed by atoms with Crippen molar-refractivity contribution in [1.82, 2.24) is 14.7 Å². The van der Waals surface area contributed by atoms with Crippen LogP contribution < -0.4 is 0 Å². The number of methoxy groups -OCH3 is 1. The molecule has 2 saturated heterocycles. The fourth-order valence-corrected chi connectivity index (χ4v) is 4.40. The van der Waals surface area contributed by atoms with Crippen molar-refractivity contribution in [3.8, 4) is 0 Å². The molecule has 164 valence electrons. The van der Waals surface area contributed by atoms with Crippen LogP contribution in [0.1, 0.15) is 43.7 Å². The van der Waals surface area contributed by atoms with E-state index in [1.807, 2.05) is 23.1 Å². The molecule has 0 bridgehead atoms. The number of amides is 2. The normalized spacial score (nSPS) is 19.7. The molecule has 1 aromatic carbocycles. The van der Waals surface area contributed by atoms with Crippen molar-refractivity contribution in [1.29, 1.82) is 0 Å². The van der Waals surface area contributed by atoms with Crippen molar-refractivity contribution in [3.05, 3.63) is 34.9 Å². The molecular weight excluding hydrogens is 406 g/mol. The van der Waals surface area contributed by atoms with E-state index in [1.54, 1.807) is 15.9 Å². The molecule has 2 aliphatic rings. The van der Waals surface area contributed by atoms with Gasteiger partial charge in [0.25, 0.3) is 0 Å². The average molecular weight is 436 g/mol. The molecule has 0 radical (unpaired) electrons. The van der Waals surface area contributed by atoms with Gasteiger partial charge < -0.3 is 14.5 Å². The number of hydrogen-bond donors (Lipinski definition) is 0. The van der Waals surface area contributed by atoms with Crippen LogP contribution in [0.15, 0.2) is 24.3 Å². The first-order valence-corrected chi connectivity index (χ1v) is 11.0. The highest BCUT2D eigenvalue weighted by Crippen LogP contribution is 2.29. The number of nitrogens with zero attached hydrogens (tertiary/aromatic N) is 3. The zero-order valence-electron chi connectivity index (χ0n) is 17.5. The summed E-state index contributed by atoms with van der Waals surface area (Å²) in [6.45, 7) is 2.86. The average Bonchev–Trinajstić information content (AvgIpc) is 2.75. The van der Waals surface area contributed by atoms with Gasteiger partial charge in [0.2, 0.25) is 11.8 Å². The Kier molecular flexibility index (Phi) is 8.10. The Balaban J connectivity index is 1.61. The second-order valence-corrected chi connectivity index (χ2v) is 8.25. The Morgan fingerprint density at radius 2 is 1.73 bits per heavy atom. The molecule has 0 spiro atoms. The SMILES string of the molecule is COC(=O)C(c1ccccc1Cl)N1CCN(C(=O)CN2CCCCCCC2=O)CC1. The topological polar surface area (TPSA) is 70.2 Å². The van der Waals surface area contributed by atoms with Gasteiger partial charge in [-0.05, 0) is 24.5 Å². The maximum atomic E-state index is 12.8. The summed E-state index contributed by atoms with van der Waals surface area (Å²) in [5.41, 5.74) is 0.706. The molecule has 0 saturated carbocycles. The number of benzene rings is 1. The van der Waals surface area contributed by atoms with Gasteiger partial charge in [-0.1, -0.05) is 42.6 Å². The van der Waals surface area contributed by atoms with Gasteiger partial charge >= 0.3 is 5.97 Å². The van der Waals surface area contributed by atoms with Gasteiger partial charge in [-0.3, -0.25) is 14.5 Å². The number of halogens is 1. The lowest BCUT2D eigenvalue weighted by molar-refractivity contribution is -0.149. The predicted octanol–water partition coefficient (Wildman–Crippen LogP) is 2.49. The minimum Gasteiger partial charge on any atom is -0.468 e. The number of esters is 1. The van der Waals surface area contributed by atoms with Crippen LogP contribution in [-0.4, -0.2) is 78.9 Å². The summed E-state index contributed by atoms with van der Waals surface area (Å²) in [5, 5.41) is 0.516. The van der Waals surface area contributed by atoms with Crippen molar-refractivity contribution in [2.24, 2.45) is 0 Å². The number of rotatable bonds is 5. The second kappa shape index (κ2) is 10.8. The van der Waals surface area contributed by atoms with Gasteiger partial charge in [-0.25, -0.2) is 4.79 Å². The minimum absolute atomic E-state index is 0.0315. The van der Waals surface area contributed by atoms with Gasteiger partial charge in [0.05, 0.1) is 13.7 Å². The molecule has 2 aliphatic heterocycles. The second-order valence-electron chi connectivity index (χ2n) is 7.84. The van der Waals surface area contributed by atoms with E-state index in [1.165, 1.54) is 7.11 Å². The first kappa shape index (κ1) is 22.6. The molecule has 1 unspecified atom stereocenters. The summed E-state index contributed by atoms with van der Waals surface area (Å²) >= 11 is 6.33. The molecule has 3 rings (SSSR count). The summed E-state index contributed by atoms with van der Waals surface area (Å²) in [4.78, 5) is 43.1. The van der Waals surface area contributed by atoms with Crippen molar-refractivity contribution in [2.45, 2.75) is 38.1 Å². The van der Waals surface area contributed by atoms with Crippen LogP contribution in [-0.2, 0) is 19.1 Å². The minimum atomic E-state index is -0.600. The van der Waals surface area contributed by atoms with Crippen LogP contribution in [0.3, 0.4) is 0 Å². The molecule has 1 atom stereocenters. The lowest BCUT2D eigenvalue weighted by Gasteiger charge is -2.39. The third-order valence-electron chi connectivity index (χ3n) is 5.90. The maximum absolute atomic E-state index is 12.8. The van der Waals surface area contributed by atoms with Crippen molar-refractivity contribution >= 4 is 29.4 Å². The highest BCUT2D eigenvalue weighted by Gasteiger charge is 2.34. The maximum Gasteiger partial charge on any atom is 0.327 e. The molecule has 8 heteroatoms. The quantitative estimate of drug-likeness (QED) is 0.664. The van der Waals surface area contributed by atoms with E-state index in [2.05, 4.69) is 0 Å².